The van der Waals surface area contributed by atoms with Gasteiger partial charge in [-0.2, -0.15) is 0 Å². The maximum Gasteiger partial charge on any atom is 0.119 e. The van der Waals surface area contributed by atoms with Crippen LogP contribution in [0.3, 0.4) is 0 Å². The Bertz CT molecular complexity index is 961. The highest BCUT2D eigenvalue weighted by Gasteiger charge is 1.97. The third-order valence-corrected chi connectivity index (χ3v) is 2.86. The van der Waals surface area contributed by atoms with Crippen LogP contribution in [0.5, 0.6) is 5.75 Å². The van der Waals surface area contributed by atoms with Crippen LogP contribution in [0.25, 0.3) is 11.1 Å². The number of benzene rings is 2. The van der Waals surface area contributed by atoms with Gasteiger partial charge in [-0.05, 0) is 84.5 Å². The number of rotatable bonds is 2. The Morgan fingerprint density at radius 1 is 0.577 bits per heavy atom. The predicted molar refractivity (Wildman–Crippen MR) is 109 cm³/mol. The van der Waals surface area contributed by atoms with E-state index in [0.29, 0.717) is 0 Å². The smallest absolute Gasteiger partial charge is 0.119 e. The fourth-order valence-electron chi connectivity index (χ4n) is 1.75. The van der Waals surface area contributed by atoms with E-state index in [-0.39, 0.29) is 0 Å². The Morgan fingerprint density at radius 3 is 1.58 bits per heavy atom. The van der Waals surface area contributed by atoms with Crippen molar-refractivity contribution in [2.24, 2.45) is 0 Å². The molecule has 26 heavy (non-hydrogen) atoms. The Balaban J connectivity index is 0.000000265. The Kier molecular flexibility index (Phi) is 10.4. The van der Waals surface area contributed by atoms with Crippen molar-refractivity contribution in [3.8, 4) is 76.1 Å². The molecule has 0 unspecified atom stereocenters. The standard InChI is InChI=1S/C13H12O.C12H6/c1-14-13-9-5-8-12(10-13)11-6-3-2-4-7-11;1-3-5-7-9-11-12-10-8-6-4-2/h2-10H,1H3;1-2H3. The van der Waals surface area contributed by atoms with Gasteiger partial charge in [0.25, 0.3) is 0 Å². The lowest BCUT2D eigenvalue weighted by Crippen LogP contribution is -1.83. The first-order valence-corrected chi connectivity index (χ1v) is 7.84. The molecule has 0 aromatic heterocycles. The van der Waals surface area contributed by atoms with Gasteiger partial charge in [0.1, 0.15) is 5.75 Å². The molecule has 0 N–H and O–H groups in total. The van der Waals surface area contributed by atoms with Gasteiger partial charge in [0.2, 0.25) is 0 Å². The minimum Gasteiger partial charge on any atom is -0.497 e. The van der Waals surface area contributed by atoms with Crippen molar-refractivity contribution < 1.29 is 4.74 Å². The molecule has 0 aliphatic carbocycles. The number of methoxy groups -OCH3 is 1. The zero-order chi connectivity index (χ0) is 18.9. The molecule has 2 rings (SSSR count). The minimum atomic E-state index is 0.895. The zero-order valence-electron chi connectivity index (χ0n) is 15.1. The second-order valence-corrected chi connectivity index (χ2v) is 4.60. The Labute approximate surface area is 156 Å². The molecule has 1 nitrogen and oxygen atoms in total. The maximum absolute atomic E-state index is 5.18. The molecule has 124 valence electrons. The van der Waals surface area contributed by atoms with Crippen LogP contribution >= 0.6 is 0 Å². The molecule has 0 fully saturated rings. The van der Waals surface area contributed by atoms with Gasteiger partial charge in [-0.3, -0.25) is 0 Å². The molecular weight excluding hydrogens is 316 g/mol. The van der Waals surface area contributed by atoms with Crippen molar-refractivity contribution in [1.82, 2.24) is 0 Å². The average Bonchev–Trinajstić information content (AvgIpc) is 2.71. The van der Waals surface area contributed by atoms with Crippen LogP contribution < -0.4 is 4.74 Å². The van der Waals surface area contributed by atoms with Gasteiger partial charge in [-0.1, -0.05) is 54.3 Å². The van der Waals surface area contributed by atoms with E-state index in [1.54, 1.807) is 21.0 Å². The summed E-state index contributed by atoms with van der Waals surface area (Å²) in [4.78, 5) is 0. The highest BCUT2D eigenvalue weighted by molar-refractivity contribution is 5.64. The molecule has 0 aliphatic heterocycles. The SMILES string of the molecule is CC#CC#CC#CC#CC#CC.COc1cccc(-c2ccccc2)c1. The molecule has 0 saturated carbocycles. The second-order valence-electron chi connectivity index (χ2n) is 4.60. The molecule has 0 spiro atoms. The van der Waals surface area contributed by atoms with Crippen LogP contribution in [0, 0.1) is 59.2 Å². The normalized spacial score (nSPS) is 7.04. The lowest BCUT2D eigenvalue weighted by molar-refractivity contribution is 0.415. The summed E-state index contributed by atoms with van der Waals surface area (Å²) < 4.78 is 5.18. The van der Waals surface area contributed by atoms with Crippen LogP contribution in [0.1, 0.15) is 13.8 Å². The van der Waals surface area contributed by atoms with Crippen LogP contribution in [-0.2, 0) is 0 Å². The average molecular weight is 334 g/mol. The van der Waals surface area contributed by atoms with E-state index in [9.17, 15) is 0 Å². The lowest BCUT2D eigenvalue weighted by Gasteiger charge is -2.03. The third kappa shape index (κ3) is 8.61. The molecule has 0 saturated heterocycles. The van der Waals surface area contributed by atoms with E-state index in [2.05, 4.69) is 77.4 Å². The molecule has 0 radical (unpaired) electrons. The van der Waals surface area contributed by atoms with Gasteiger partial charge in [-0.15, -0.1) is 0 Å². The quantitative estimate of drug-likeness (QED) is 0.740. The summed E-state index contributed by atoms with van der Waals surface area (Å²) >= 11 is 0. The molecule has 0 heterocycles. The molecule has 0 aliphatic rings. The van der Waals surface area contributed by atoms with Crippen molar-refractivity contribution in [2.75, 3.05) is 7.11 Å². The van der Waals surface area contributed by atoms with Gasteiger partial charge in [-0.25, -0.2) is 0 Å². The highest BCUT2D eigenvalue weighted by Crippen LogP contribution is 2.22. The van der Waals surface area contributed by atoms with E-state index >= 15 is 0 Å². The summed E-state index contributed by atoms with van der Waals surface area (Å²) in [5, 5.41) is 0. The minimum absolute atomic E-state index is 0.895. The van der Waals surface area contributed by atoms with Gasteiger partial charge in [0.05, 0.1) is 7.11 Å². The van der Waals surface area contributed by atoms with Crippen LogP contribution in [0.2, 0.25) is 0 Å². The zero-order valence-corrected chi connectivity index (χ0v) is 15.1. The number of hydrogen-bond donors (Lipinski definition) is 0. The first-order valence-electron chi connectivity index (χ1n) is 7.84. The Hall–Kier alpha value is -3.96. The van der Waals surface area contributed by atoms with E-state index < -0.39 is 0 Å². The van der Waals surface area contributed by atoms with Crippen molar-refractivity contribution in [3.05, 3.63) is 54.6 Å². The topological polar surface area (TPSA) is 9.23 Å². The molecule has 1 heteroatoms. The largest absolute Gasteiger partial charge is 0.497 e. The molecule has 0 amide bonds. The molecule has 0 bridgehead atoms. The van der Waals surface area contributed by atoms with Crippen LogP contribution in [-0.4, -0.2) is 7.11 Å². The van der Waals surface area contributed by atoms with E-state index in [0.717, 1.165) is 5.75 Å². The lowest BCUT2D eigenvalue weighted by atomic mass is 10.1. The van der Waals surface area contributed by atoms with E-state index in [4.69, 9.17) is 4.74 Å². The predicted octanol–water partition coefficient (Wildman–Crippen LogP) is 4.41. The third-order valence-electron chi connectivity index (χ3n) is 2.86. The molecule has 2 aromatic rings. The van der Waals surface area contributed by atoms with Crippen LogP contribution in [0.15, 0.2) is 54.6 Å². The van der Waals surface area contributed by atoms with Gasteiger partial charge >= 0.3 is 0 Å². The van der Waals surface area contributed by atoms with E-state index in [1.807, 2.05) is 36.4 Å². The summed E-state index contributed by atoms with van der Waals surface area (Å²) in [7, 11) is 1.68. The molecule has 0 atom stereocenters. The van der Waals surface area contributed by atoms with Crippen molar-refractivity contribution in [1.29, 1.82) is 0 Å². The van der Waals surface area contributed by atoms with Crippen LogP contribution in [0.4, 0.5) is 0 Å². The molecular formula is C25H18O. The summed E-state index contributed by atoms with van der Waals surface area (Å²) in [6.07, 6.45) is 0. The van der Waals surface area contributed by atoms with Gasteiger partial charge in [0.15, 0.2) is 0 Å². The van der Waals surface area contributed by atoms with Crippen molar-refractivity contribution in [2.45, 2.75) is 13.8 Å². The summed E-state index contributed by atoms with van der Waals surface area (Å²) in [6.45, 7) is 3.44. The van der Waals surface area contributed by atoms with Crippen molar-refractivity contribution >= 4 is 0 Å². The maximum atomic E-state index is 5.18. The highest BCUT2D eigenvalue weighted by atomic mass is 16.5. The fraction of sp³-hybridized carbons (Fsp3) is 0.120. The first kappa shape index (κ1) is 20.1. The summed E-state index contributed by atoms with van der Waals surface area (Å²) in [5.74, 6) is 26.5. The summed E-state index contributed by atoms with van der Waals surface area (Å²) in [5.41, 5.74) is 2.40. The summed E-state index contributed by atoms with van der Waals surface area (Å²) in [6, 6.07) is 18.3. The van der Waals surface area contributed by atoms with Gasteiger partial charge in [0, 0.05) is 0 Å². The second kappa shape index (κ2) is 13.5. The molecule has 2 aromatic carbocycles. The number of hydrogen-bond acceptors (Lipinski definition) is 1. The van der Waals surface area contributed by atoms with Gasteiger partial charge < -0.3 is 4.74 Å². The fourth-order valence-corrected chi connectivity index (χ4v) is 1.75. The Morgan fingerprint density at radius 2 is 1.08 bits per heavy atom. The van der Waals surface area contributed by atoms with Crippen molar-refractivity contribution in [3.63, 3.8) is 0 Å². The van der Waals surface area contributed by atoms with E-state index in [1.165, 1.54) is 11.1 Å². The monoisotopic (exact) mass is 334 g/mol. The first-order chi connectivity index (χ1) is 12.8. The number of ether oxygens (including phenoxy) is 1.